The molecule has 0 saturated carbocycles. The van der Waals surface area contributed by atoms with E-state index in [1.54, 1.807) is 0 Å². The molecule has 1 saturated heterocycles. The largest absolute Gasteiger partial charge is 0.481 e. The Morgan fingerprint density at radius 1 is 1.67 bits per heavy atom. The monoisotopic (exact) mass is 213 g/mol. The Morgan fingerprint density at radius 3 is 3.00 bits per heavy atom. The number of carboxylic acids is 1. The first kappa shape index (κ1) is 12.2. The van der Waals surface area contributed by atoms with Crippen LogP contribution in [0.4, 0.5) is 0 Å². The Labute approximate surface area is 90.5 Å². The van der Waals surface area contributed by atoms with E-state index in [0.717, 1.165) is 25.1 Å². The van der Waals surface area contributed by atoms with E-state index in [9.17, 15) is 4.79 Å². The van der Waals surface area contributed by atoms with E-state index in [4.69, 9.17) is 9.84 Å². The van der Waals surface area contributed by atoms with Crippen LogP contribution in [0, 0.1) is 0 Å². The molecule has 0 bridgehead atoms. The summed E-state index contributed by atoms with van der Waals surface area (Å²) >= 11 is 0. The van der Waals surface area contributed by atoms with Gasteiger partial charge in [0.1, 0.15) is 0 Å². The number of morpholine rings is 1. The van der Waals surface area contributed by atoms with E-state index < -0.39 is 5.97 Å². The van der Waals surface area contributed by atoms with Crippen molar-refractivity contribution in [3.05, 3.63) is 12.2 Å². The summed E-state index contributed by atoms with van der Waals surface area (Å²) in [6, 6.07) is -0.000417. The van der Waals surface area contributed by atoms with E-state index >= 15 is 0 Å². The molecule has 0 aromatic heterocycles. The number of carbonyl (C=O) groups is 1. The van der Waals surface area contributed by atoms with Crippen molar-refractivity contribution in [3.63, 3.8) is 0 Å². The Bertz CT molecular complexity index is 240. The van der Waals surface area contributed by atoms with Crippen molar-refractivity contribution < 1.29 is 14.6 Å². The van der Waals surface area contributed by atoms with Gasteiger partial charge in [-0.25, -0.2) is 0 Å². The third-order valence-electron chi connectivity index (χ3n) is 2.69. The average molecular weight is 213 g/mol. The summed E-state index contributed by atoms with van der Waals surface area (Å²) in [5.74, 6) is -0.766. The number of ether oxygens (including phenoxy) is 1. The van der Waals surface area contributed by atoms with Gasteiger partial charge in [0.2, 0.25) is 0 Å². The Balaban J connectivity index is 2.49. The molecule has 4 heteroatoms. The van der Waals surface area contributed by atoms with Gasteiger partial charge in [-0.1, -0.05) is 19.1 Å². The Kier molecular flexibility index (Phi) is 4.78. The number of hydrogen-bond donors (Lipinski definition) is 1. The lowest BCUT2D eigenvalue weighted by Crippen LogP contribution is -2.47. The molecular formula is C11H19NO3. The highest BCUT2D eigenvalue weighted by atomic mass is 16.5. The van der Waals surface area contributed by atoms with Gasteiger partial charge in [-0.15, -0.1) is 0 Å². The minimum Gasteiger partial charge on any atom is -0.481 e. The van der Waals surface area contributed by atoms with E-state index in [2.05, 4.69) is 18.4 Å². The maximum Gasteiger partial charge on any atom is 0.305 e. The molecule has 1 aliphatic rings. The SMILES string of the molecule is C=C(CC)CN1CCOCC1CC(=O)O. The molecule has 1 N–H and O–H groups in total. The molecule has 0 amide bonds. The highest BCUT2D eigenvalue weighted by Crippen LogP contribution is 2.13. The topological polar surface area (TPSA) is 49.8 Å². The van der Waals surface area contributed by atoms with Crippen molar-refractivity contribution >= 4 is 5.97 Å². The zero-order valence-electron chi connectivity index (χ0n) is 9.24. The second kappa shape index (κ2) is 5.88. The van der Waals surface area contributed by atoms with Crippen LogP contribution in [-0.4, -0.2) is 48.3 Å². The Hall–Kier alpha value is -0.870. The van der Waals surface area contributed by atoms with Crippen LogP contribution in [0.15, 0.2) is 12.2 Å². The summed E-state index contributed by atoms with van der Waals surface area (Å²) in [7, 11) is 0. The normalized spacial score (nSPS) is 22.6. The van der Waals surface area contributed by atoms with Gasteiger partial charge in [-0.05, 0) is 6.42 Å². The van der Waals surface area contributed by atoms with Crippen LogP contribution < -0.4 is 0 Å². The second-order valence-electron chi connectivity index (χ2n) is 3.90. The standard InChI is InChI=1S/C11H19NO3/c1-3-9(2)7-12-4-5-15-8-10(12)6-11(13)14/h10H,2-8H2,1H3,(H,13,14). The molecule has 0 aromatic rings. The van der Waals surface area contributed by atoms with Crippen molar-refractivity contribution in [2.45, 2.75) is 25.8 Å². The lowest BCUT2D eigenvalue weighted by atomic mass is 10.1. The van der Waals surface area contributed by atoms with Gasteiger partial charge in [0, 0.05) is 19.1 Å². The van der Waals surface area contributed by atoms with Crippen molar-refractivity contribution in [3.8, 4) is 0 Å². The van der Waals surface area contributed by atoms with Crippen LogP contribution >= 0.6 is 0 Å². The van der Waals surface area contributed by atoms with Gasteiger partial charge in [0.05, 0.1) is 19.6 Å². The minimum atomic E-state index is -0.766. The van der Waals surface area contributed by atoms with E-state index in [1.807, 2.05) is 0 Å². The molecule has 1 aliphatic heterocycles. The predicted octanol–water partition coefficient (Wildman–Crippen LogP) is 1.13. The molecule has 0 spiro atoms. The first-order valence-electron chi connectivity index (χ1n) is 5.33. The lowest BCUT2D eigenvalue weighted by molar-refractivity contribution is -0.140. The quantitative estimate of drug-likeness (QED) is 0.695. The molecular weight excluding hydrogens is 194 g/mol. The van der Waals surface area contributed by atoms with Crippen LogP contribution in [0.3, 0.4) is 0 Å². The summed E-state index contributed by atoms with van der Waals surface area (Å²) < 4.78 is 5.29. The number of aliphatic carboxylic acids is 1. The van der Waals surface area contributed by atoms with E-state index in [1.165, 1.54) is 0 Å². The molecule has 1 atom stereocenters. The third-order valence-corrected chi connectivity index (χ3v) is 2.69. The van der Waals surface area contributed by atoms with Gasteiger partial charge >= 0.3 is 5.97 Å². The van der Waals surface area contributed by atoms with Crippen LogP contribution in [0.5, 0.6) is 0 Å². The van der Waals surface area contributed by atoms with Crippen molar-refractivity contribution in [1.82, 2.24) is 4.90 Å². The number of carboxylic acid groups (broad SMARTS) is 1. The number of hydrogen-bond acceptors (Lipinski definition) is 3. The first-order chi connectivity index (χ1) is 7.13. The minimum absolute atomic E-state index is 0.000417. The summed E-state index contributed by atoms with van der Waals surface area (Å²) in [5.41, 5.74) is 1.15. The van der Waals surface area contributed by atoms with Crippen LogP contribution in [0.2, 0.25) is 0 Å². The van der Waals surface area contributed by atoms with Gasteiger partial charge in [0.25, 0.3) is 0 Å². The average Bonchev–Trinajstić information content (AvgIpc) is 2.20. The van der Waals surface area contributed by atoms with Gasteiger partial charge in [-0.3, -0.25) is 9.69 Å². The van der Waals surface area contributed by atoms with Crippen LogP contribution in [0.25, 0.3) is 0 Å². The molecule has 1 unspecified atom stereocenters. The molecule has 1 rings (SSSR count). The number of rotatable bonds is 5. The highest BCUT2D eigenvalue weighted by molar-refractivity contribution is 5.67. The molecule has 15 heavy (non-hydrogen) atoms. The van der Waals surface area contributed by atoms with Gasteiger partial charge in [0.15, 0.2) is 0 Å². The molecule has 1 heterocycles. The fourth-order valence-corrected chi connectivity index (χ4v) is 1.69. The second-order valence-corrected chi connectivity index (χ2v) is 3.90. The maximum atomic E-state index is 10.7. The third kappa shape index (κ3) is 4.01. The van der Waals surface area contributed by atoms with Crippen molar-refractivity contribution in [1.29, 1.82) is 0 Å². The van der Waals surface area contributed by atoms with E-state index in [0.29, 0.717) is 13.2 Å². The molecule has 4 nitrogen and oxygen atoms in total. The molecule has 0 aromatic carbocycles. The summed E-state index contributed by atoms with van der Waals surface area (Å²) in [6.45, 7) is 8.81. The summed E-state index contributed by atoms with van der Waals surface area (Å²) in [5, 5.41) is 8.77. The summed E-state index contributed by atoms with van der Waals surface area (Å²) in [6.07, 6.45) is 1.09. The fourth-order valence-electron chi connectivity index (χ4n) is 1.69. The molecule has 1 fully saturated rings. The Morgan fingerprint density at radius 2 is 2.40 bits per heavy atom. The van der Waals surface area contributed by atoms with Gasteiger partial charge in [-0.2, -0.15) is 0 Å². The van der Waals surface area contributed by atoms with Crippen molar-refractivity contribution in [2.75, 3.05) is 26.3 Å². The fraction of sp³-hybridized carbons (Fsp3) is 0.727. The highest BCUT2D eigenvalue weighted by Gasteiger charge is 2.25. The molecule has 0 aliphatic carbocycles. The van der Waals surface area contributed by atoms with E-state index in [-0.39, 0.29) is 12.5 Å². The first-order valence-corrected chi connectivity index (χ1v) is 5.33. The van der Waals surface area contributed by atoms with Crippen LogP contribution in [0.1, 0.15) is 19.8 Å². The summed E-state index contributed by atoms with van der Waals surface area (Å²) in [4.78, 5) is 12.8. The molecule has 0 radical (unpaired) electrons. The van der Waals surface area contributed by atoms with Crippen molar-refractivity contribution in [2.24, 2.45) is 0 Å². The lowest BCUT2D eigenvalue weighted by Gasteiger charge is -2.35. The van der Waals surface area contributed by atoms with Gasteiger partial charge < -0.3 is 9.84 Å². The molecule has 86 valence electrons. The number of nitrogens with zero attached hydrogens (tertiary/aromatic N) is 1. The zero-order chi connectivity index (χ0) is 11.3. The smallest absolute Gasteiger partial charge is 0.305 e. The van der Waals surface area contributed by atoms with Crippen LogP contribution in [-0.2, 0) is 9.53 Å². The predicted molar refractivity (Wildman–Crippen MR) is 57.9 cm³/mol. The zero-order valence-corrected chi connectivity index (χ0v) is 9.24. The maximum absolute atomic E-state index is 10.7.